The topological polar surface area (TPSA) is 35.5 Å². The number of benzene rings is 1. The van der Waals surface area contributed by atoms with Gasteiger partial charge in [0.25, 0.3) is 0 Å². The van der Waals surface area contributed by atoms with Crippen LogP contribution in [0.2, 0.25) is 0 Å². The second-order valence-electron chi connectivity index (χ2n) is 4.90. The maximum atomic E-state index is 9.53. The van der Waals surface area contributed by atoms with E-state index < -0.39 is 0 Å². The van der Waals surface area contributed by atoms with E-state index in [9.17, 15) is 5.11 Å². The van der Waals surface area contributed by atoms with Crippen LogP contribution >= 0.6 is 0 Å². The highest BCUT2D eigenvalue weighted by Gasteiger charge is 2.23. The summed E-state index contributed by atoms with van der Waals surface area (Å²) in [6.07, 6.45) is 0.623. The van der Waals surface area contributed by atoms with E-state index in [2.05, 4.69) is 40.5 Å². The van der Waals surface area contributed by atoms with Crippen molar-refractivity contribution in [3.05, 3.63) is 35.9 Å². The second kappa shape index (κ2) is 6.15. The highest BCUT2D eigenvalue weighted by Crippen LogP contribution is 2.14. The van der Waals surface area contributed by atoms with E-state index in [0.29, 0.717) is 6.04 Å². The van der Waals surface area contributed by atoms with Crippen LogP contribution in [0, 0.1) is 0 Å². The molecule has 2 atom stereocenters. The first-order valence-corrected chi connectivity index (χ1v) is 6.42. The lowest BCUT2D eigenvalue weighted by Gasteiger charge is -2.37. The van der Waals surface area contributed by atoms with Crippen molar-refractivity contribution in [1.82, 2.24) is 10.2 Å². The molecule has 1 fully saturated rings. The molecule has 1 aromatic rings. The molecule has 0 aliphatic carbocycles. The fourth-order valence-electron chi connectivity index (χ4n) is 2.46. The van der Waals surface area contributed by atoms with E-state index in [1.54, 1.807) is 0 Å². The molecule has 1 aliphatic rings. The van der Waals surface area contributed by atoms with Gasteiger partial charge in [0.2, 0.25) is 0 Å². The molecule has 17 heavy (non-hydrogen) atoms. The van der Waals surface area contributed by atoms with Gasteiger partial charge in [-0.25, -0.2) is 0 Å². The van der Waals surface area contributed by atoms with Crippen molar-refractivity contribution in [1.29, 1.82) is 0 Å². The van der Waals surface area contributed by atoms with Crippen LogP contribution in [0.25, 0.3) is 0 Å². The summed E-state index contributed by atoms with van der Waals surface area (Å²) < 4.78 is 0. The molecular weight excluding hydrogens is 212 g/mol. The second-order valence-corrected chi connectivity index (χ2v) is 4.90. The van der Waals surface area contributed by atoms with Crippen LogP contribution in [0.1, 0.15) is 18.9 Å². The lowest BCUT2D eigenvalue weighted by Crippen LogP contribution is -2.51. The quantitative estimate of drug-likeness (QED) is 0.822. The zero-order chi connectivity index (χ0) is 12.1. The number of hydrogen-bond acceptors (Lipinski definition) is 3. The molecule has 3 nitrogen and oxygen atoms in total. The SMILES string of the molecule is C[C@@H](O)C[C@@H]1CNCCN1Cc1ccccc1. The molecule has 2 N–H and O–H groups in total. The Bertz CT molecular complexity index is 326. The van der Waals surface area contributed by atoms with Crippen LogP contribution in [-0.4, -0.2) is 41.8 Å². The molecule has 0 saturated carbocycles. The first-order valence-electron chi connectivity index (χ1n) is 6.42. The van der Waals surface area contributed by atoms with Gasteiger partial charge in [-0.3, -0.25) is 4.90 Å². The largest absolute Gasteiger partial charge is 0.393 e. The van der Waals surface area contributed by atoms with Crippen LogP contribution in [-0.2, 0) is 6.54 Å². The molecule has 0 amide bonds. The fourth-order valence-corrected chi connectivity index (χ4v) is 2.46. The van der Waals surface area contributed by atoms with Crippen molar-refractivity contribution in [3.8, 4) is 0 Å². The molecular formula is C14H22N2O. The number of nitrogens with one attached hydrogen (secondary N) is 1. The standard InChI is InChI=1S/C14H22N2O/c1-12(17)9-14-10-15-7-8-16(14)11-13-5-3-2-4-6-13/h2-6,12,14-15,17H,7-11H2,1H3/t12-,14-/m1/s1. The molecule has 0 unspecified atom stereocenters. The maximum absolute atomic E-state index is 9.53. The number of piperazine rings is 1. The minimum Gasteiger partial charge on any atom is -0.393 e. The summed E-state index contributed by atoms with van der Waals surface area (Å²) in [5.41, 5.74) is 1.35. The van der Waals surface area contributed by atoms with E-state index in [1.165, 1.54) is 5.56 Å². The summed E-state index contributed by atoms with van der Waals surface area (Å²) in [5, 5.41) is 12.9. The number of nitrogens with zero attached hydrogens (tertiary/aromatic N) is 1. The molecule has 1 aromatic carbocycles. The Morgan fingerprint density at radius 1 is 1.41 bits per heavy atom. The van der Waals surface area contributed by atoms with Crippen molar-refractivity contribution in [2.24, 2.45) is 0 Å². The predicted octanol–water partition coefficient (Wildman–Crippen LogP) is 1.23. The first kappa shape index (κ1) is 12.6. The normalized spacial score (nSPS) is 23.5. The third-order valence-electron chi connectivity index (χ3n) is 3.31. The van der Waals surface area contributed by atoms with Crippen molar-refractivity contribution in [2.45, 2.75) is 32.0 Å². The Kier molecular flexibility index (Phi) is 4.54. The van der Waals surface area contributed by atoms with Crippen molar-refractivity contribution in [2.75, 3.05) is 19.6 Å². The maximum Gasteiger partial charge on any atom is 0.0527 e. The van der Waals surface area contributed by atoms with Crippen LogP contribution < -0.4 is 5.32 Å². The van der Waals surface area contributed by atoms with Crippen LogP contribution in [0.4, 0.5) is 0 Å². The zero-order valence-electron chi connectivity index (χ0n) is 10.5. The van der Waals surface area contributed by atoms with Gasteiger partial charge in [0.05, 0.1) is 6.10 Å². The van der Waals surface area contributed by atoms with Gasteiger partial charge < -0.3 is 10.4 Å². The molecule has 1 saturated heterocycles. The summed E-state index contributed by atoms with van der Waals surface area (Å²) in [5.74, 6) is 0. The third-order valence-corrected chi connectivity index (χ3v) is 3.31. The van der Waals surface area contributed by atoms with Gasteiger partial charge in [0.1, 0.15) is 0 Å². The van der Waals surface area contributed by atoms with Gasteiger partial charge in [-0.05, 0) is 18.9 Å². The third kappa shape index (κ3) is 3.80. The Morgan fingerprint density at radius 3 is 2.88 bits per heavy atom. The molecule has 1 heterocycles. The van der Waals surface area contributed by atoms with Crippen LogP contribution in [0.15, 0.2) is 30.3 Å². The number of rotatable bonds is 4. The van der Waals surface area contributed by atoms with Gasteiger partial charge in [0.15, 0.2) is 0 Å². The Hall–Kier alpha value is -0.900. The van der Waals surface area contributed by atoms with Gasteiger partial charge in [-0.2, -0.15) is 0 Å². The average Bonchev–Trinajstić information content (AvgIpc) is 2.32. The molecule has 1 aliphatic heterocycles. The van der Waals surface area contributed by atoms with Gasteiger partial charge in [0, 0.05) is 32.2 Å². The number of aliphatic hydroxyl groups is 1. The lowest BCUT2D eigenvalue weighted by atomic mass is 10.1. The highest BCUT2D eigenvalue weighted by atomic mass is 16.3. The van der Waals surface area contributed by atoms with E-state index in [1.807, 2.05) is 6.92 Å². The molecule has 3 heteroatoms. The fraction of sp³-hybridized carbons (Fsp3) is 0.571. The van der Waals surface area contributed by atoms with Crippen molar-refractivity contribution < 1.29 is 5.11 Å². The minimum atomic E-state index is -0.224. The average molecular weight is 234 g/mol. The molecule has 0 bridgehead atoms. The van der Waals surface area contributed by atoms with Crippen LogP contribution in [0.5, 0.6) is 0 Å². The highest BCUT2D eigenvalue weighted by molar-refractivity contribution is 5.14. The van der Waals surface area contributed by atoms with E-state index in [4.69, 9.17) is 0 Å². The number of aliphatic hydroxyl groups excluding tert-OH is 1. The Labute approximate surface area is 103 Å². The summed E-state index contributed by atoms with van der Waals surface area (Å²) in [6.45, 7) is 5.95. The summed E-state index contributed by atoms with van der Waals surface area (Å²) >= 11 is 0. The van der Waals surface area contributed by atoms with Crippen LogP contribution in [0.3, 0.4) is 0 Å². The van der Waals surface area contributed by atoms with E-state index in [0.717, 1.165) is 32.6 Å². The molecule has 0 aromatic heterocycles. The molecule has 2 rings (SSSR count). The van der Waals surface area contributed by atoms with Crippen molar-refractivity contribution in [3.63, 3.8) is 0 Å². The van der Waals surface area contributed by atoms with E-state index in [-0.39, 0.29) is 6.10 Å². The molecule has 0 spiro atoms. The van der Waals surface area contributed by atoms with Crippen molar-refractivity contribution >= 4 is 0 Å². The lowest BCUT2D eigenvalue weighted by molar-refractivity contribution is 0.0903. The smallest absolute Gasteiger partial charge is 0.0527 e. The van der Waals surface area contributed by atoms with E-state index >= 15 is 0 Å². The monoisotopic (exact) mass is 234 g/mol. The zero-order valence-corrected chi connectivity index (χ0v) is 10.5. The van der Waals surface area contributed by atoms with Gasteiger partial charge >= 0.3 is 0 Å². The first-order chi connectivity index (χ1) is 8.25. The molecule has 0 radical (unpaired) electrons. The van der Waals surface area contributed by atoms with Gasteiger partial charge in [-0.15, -0.1) is 0 Å². The summed E-state index contributed by atoms with van der Waals surface area (Å²) in [4.78, 5) is 2.47. The Morgan fingerprint density at radius 2 is 2.18 bits per heavy atom. The number of hydrogen-bond donors (Lipinski definition) is 2. The van der Waals surface area contributed by atoms with Gasteiger partial charge in [-0.1, -0.05) is 30.3 Å². The minimum absolute atomic E-state index is 0.224. The summed E-state index contributed by atoms with van der Waals surface area (Å²) in [7, 11) is 0. The summed E-state index contributed by atoms with van der Waals surface area (Å²) in [6, 6.07) is 11.0. The molecule has 94 valence electrons. The Balaban J connectivity index is 1.96. The predicted molar refractivity (Wildman–Crippen MR) is 69.8 cm³/mol.